The van der Waals surface area contributed by atoms with E-state index in [4.69, 9.17) is 17.3 Å². The lowest BCUT2D eigenvalue weighted by Gasteiger charge is -2.35. The van der Waals surface area contributed by atoms with Gasteiger partial charge in [-0.2, -0.15) is 0 Å². The largest absolute Gasteiger partial charge is 0.324 e. The topological polar surface area (TPSA) is 26.0 Å². The average Bonchev–Trinajstić information content (AvgIpc) is 2.32. The molecule has 1 aliphatic rings. The maximum atomic E-state index is 6.39. The van der Waals surface area contributed by atoms with Crippen molar-refractivity contribution >= 4 is 11.6 Å². The van der Waals surface area contributed by atoms with Crippen molar-refractivity contribution in [1.82, 2.24) is 0 Å². The number of hydrogen-bond acceptors (Lipinski definition) is 1. The van der Waals surface area contributed by atoms with Gasteiger partial charge in [-0.05, 0) is 42.2 Å². The lowest BCUT2D eigenvalue weighted by Crippen LogP contribution is -2.29. The van der Waals surface area contributed by atoms with Gasteiger partial charge in [0.05, 0.1) is 0 Å². The van der Waals surface area contributed by atoms with Gasteiger partial charge in [-0.3, -0.25) is 0 Å². The van der Waals surface area contributed by atoms with Crippen LogP contribution < -0.4 is 5.73 Å². The Morgan fingerprint density at radius 2 is 1.88 bits per heavy atom. The molecule has 1 saturated carbocycles. The Kier molecular flexibility index (Phi) is 4.11. The Labute approximate surface area is 109 Å². The predicted octanol–water partition coefficient (Wildman–Crippen LogP) is 4.41. The van der Waals surface area contributed by atoms with Gasteiger partial charge in [0.25, 0.3) is 0 Å². The molecule has 1 aliphatic carbocycles. The van der Waals surface area contributed by atoms with E-state index in [9.17, 15) is 0 Å². The lowest BCUT2D eigenvalue weighted by atomic mass is 9.72. The summed E-state index contributed by atoms with van der Waals surface area (Å²) in [5.41, 5.74) is 7.51. The second-order valence-corrected chi connectivity index (χ2v) is 5.98. The molecule has 4 unspecified atom stereocenters. The highest BCUT2D eigenvalue weighted by atomic mass is 35.5. The molecule has 1 aromatic carbocycles. The molecule has 0 saturated heterocycles. The van der Waals surface area contributed by atoms with Gasteiger partial charge in [0.2, 0.25) is 0 Å². The van der Waals surface area contributed by atoms with E-state index in [0.717, 1.165) is 22.4 Å². The summed E-state index contributed by atoms with van der Waals surface area (Å²) in [6, 6.07) is 8.08. The third-order valence-corrected chi connectivity index (χ3v) is 4.76. The summed E-state index contributed by atoms with van der Waals surface area (Å²) in [5, 5.41) is 0.811. The number of rotatable bonds is 2. The van der Waals surface area contributed by atoms with Gasteiger partial charge in [-0.1, -0.05) is 50.1 Å². The monoisotopic (exact) mass is 251 g/mol. The second kappa shape index (κ2) is 5.41. The highest BCUT2D eigenvalue weighted by Gasteiger charge is 2.29. The van der Waals surface area contributed by atoms with Crippen molar-refractivity contribution in [3.63, 3.8) is 0 Å². The van der Waals surface area contributed by atoms with Crippen LogP contribution in [0.2, 0.25) is 5.02 Å². The smallest absolute Gasteiger partial charge is 0.0453 e. The molecule has 1 nitrogen and oxygen atoms in total. The molecule has 17 heavy (non-hydrogen) atoms. The third-order valence-electron chi connectivity index (χ3n) is 4.41. The van der Waals surface area contributed by atoms with Gasteiger partial charge in [0.1, 0.15) is 0 Å². The first-order chi connectivity index (χ1) is 8.09. The van der Waals surface area contributed by atoms with Crippen LogP contribution in [0.15, 0.2) is 24.3 Å². The molecule has 0 bridgehead atoms. The molecule has 0 amide bonds. The molecule has 1 aromatic rings. The Morgan fingerprint density at radius 3 is 2.53 bits per heavy atom. The van der Waals surface area contributed by atoms with E-state index in [2.05, 4.69) is 19.9 Å². The molecule has 0 aromatic heterocycles. The van der Waals surface area contributed by atoms with Gasteiger partial charge in [-0.15, -0.1) is 0 Å². The number of halogens is 1. The minimum absolute atomic E-state index is 0.0960. The molecule has 2 N–H and O–H groups in total. The van der Waals surface area contributed by atoms with Crippen molar-refractivity contribution in [3.05, 3.63) is 34.9 Å². The minimum Gasteiger partial charge on any atom is -0.324 e. The van der Waals surface area contributed by atoms with E-state index in [-0.39, 0.29) is 6.04 Å². The zero-order valence-electron chi connectivity index (χ0n) is 10.7. The Balaban J connectivity index is 2.10. The molecular weight excluding hydrogens is 230 g/mol. The SMILES string of the molecule is CC1CCC(C(N)c2ccccc2Cl)CC1C. The van der Waals surface area contributed by atoms with Gasteiger partial charge in [0, 0.05) is 11.1 Å². The Bertz CT molecular complexity index is 377. The summed E-state index contributed by atoms with van der Waals surface area (Å²) >= 11 is 6.22. The van der Waals surface area contributed by atoms with Crippen LogP contribution in [0.4, 0.5) is 0 Å². The summed E-state index contributed by atoms with van der Waals surface area (Å²) in [6.45, 7) is 4.69. The quantitative estimate of drug-likeness (QED) is 0.828. The van der Waals surface area contributed by atoms with E-state index >= 15 is 0 Å². The molecule has 2 heteroatoms. The first kappa shape index (κ1) is 12.9. The number of nitrogens with two attached hydrogens (primary N) is 1. The third kappa shape index (κ3) is 2.83. The minimum atomic E-state index is 0.0960. The normalized spacial score (nSPS) is 31.2. The predicted molar refractivity (Wildman–Crippen MR) is 74.0 cm³/mol. The van der Waals surface area contributed by atoms with Crippen molar-refractivity contribution in [2.24, 2.45) is 23.5 Å². The average molecular weight is 252 g/mol. The highest BCUT2D eigenvalue weighted by Crippen LogP contribution is 2.40. The first-order valence-electron chi connectivity index (χ1n) is 6.59. The van der Waals surface area contributed by atoms with Crippen LogP contribution in [0, 0.1) is 17.8 Å². The van der Waals surface area contributed by atoms with Gasteiger partial charge in [-0.25, -0.2) is 0 Å². The van der Waals surface area contributed by atoms with Crippen LogP contribution in [-0.4, -0.2) is 0 Å². The van der Waals surface area contributed by atoms with E-state index in [1.54, 1.807) is 0 Å². The fourth-order valence-corrected chi connectivity index (χ4v) is 3.18. The van der Waals surface area contributed by atoms with Crippen molar-refractivity contribution < 1.29 is 0 Å². The summed E-state index contributed by atoms with van der Waals surface area (Å²) in [7, 11) is 0. The molecule has 0 heterocycles. The van der Waals surface area contributed by atoms with Gasteiger partial charge < -0.3 is 5.73 Å². The van der Waals surface area contributed by atoms with Crippen molar-refractivity contribution in [3.8, 4) is 0 Å². The number of hydrogen-bond donors (Lipinski definition) is 1. The standard InChI is InChI=1S/C15H22ClN/c1-10-7-8-12(9-11(10)2)15(17)13-5-3-4-6-14(13)16/h3-6,10-12,15H,7-9,17H2,1-2H3. The number of benzene rings is 1. The highest BCUT2D eigenvalue weighted by molar-refractivity contribution is 6.31. The second-order valence-electron chi connectivity index (χ2n) is 5.57. The van der Waals surface area contributed by atoms with Crippen molar-refractivity contribution in [2.75, 3.05) is 0 Å². The lowest BCUT2D eigenvalue weighted by molar-refractivity contribution is 0.186. The zero-order valence-corrected chi connectivity index (χ0v) is 11.5. The summed E-state index contributed by atoms with van der Waals surface area (Å²) in [4.78, 5) is 0. The molecule has 94 valence electrons. The van der Waals surface area contributed by atoms with Crippen molar-refractivity contribution in [2.45, 2.75) is 39.2 Å². The fourth-order valence-electron chi connectivity index (χ4n) is 2.91. The molecule has 4 atom stereocenters. The van der Waals surface area contributed by atoms with Crippen LogP contribution >= 0.6 is 11.6 Å². The summed E-state index contributed by atoms with van der Waals surface area (Å²) in [6.07, 6.45) is 3.76. The van der Waals surface area contributed by atoms with Crippen molar-refractivity contribution in [1.29, 1.82) is 0 Å². The van der Waals surface area contributed by atoms with Crippen LogP contribution in [0.3, 0.4) is 0 Å². The molecule has 2 rings (SSSR count). The molecule has 0 radical (unpaired) electrons. The first-order valence-corrected chi connectivity index (χ1v) is 6.97. The van der Waals surface area contributed by atoms with Gasteiger partial charge in [0.15, 0.2) is 0 Å². The van der Waals surface area contributed by atoms with Gasteiger partial charge >= 0.3 is 0 Å². The molecular formula is C15H22ClN. The fraction of sp³-hybridized carbons (Fsp3) is 0.600. The maximum Gasteiger partial charge on any atom is 0.0453 e. The zero-order chi connectivity index (χ0) is 12.4. The van der Waals surface area contributed by atoms with E-state index in [0.29, 0.717) is 5.92 Å². The van der Waals surface area contributed by atoms with E-state index in [1.165, 1.54) is 19.3 Å². The van der Waals surface area contributed by atoms with E-state index < -0.39 is 0 Å². The van der Waals surface area contributed by atoms with Crippen LogP contribution in [0.25, 0.3) is 0 Å². The molecule has 1 fully saturated rings. The Morgan fingerprint density at radius 1 is 1.18 bits per heavy atom. The van der Waals surface area contributed by atoms with Crippen LogP contribution in [0.5, 0.6) is 0 Å². The summed E-state index contributed by atoms with van der Waals surface area (Å²) in [5.74, 6) is 2.20. The molecule has 0 spiro atoms. The maximum absolute atomic E-state index is 6.39. The van der Waals surface area contributed by atoms with Crippen LogP contribution in [0.1, 0.15) is 44.7 Å². The van der Waals surface area contributed by atoms with Crippen LogP contribution in [-0.2, 0) is 0 Å². The summed E-state index contributed by atoms with van der Waals surface area (Å²) < 4.78 is 0. The molecule has 0 aliphatic heterocycles. The van der Waals surface area contributed by atoms with E-state index in [1.807, 2.05) is 18.2 Å². The Hall–Kier alpha value is -0.530.